The highest BCUT2D eigenvalue weighted by Gasteiger charge is 2.13. The fourth-order valence-electron chi connectivity index (χ4n) is 1.68. The summed E-state index contributed by atoms with van der Waals surface area (Å²) in [6.45, 7) is 7.63. The Hall–Kier alpha value is -1.53. The van der Waals surface area contributed by atoms with Crippen molar-refractivity contribution in [3.63, 3.8) is 0 Å². The molecule has 3 N–H and O–H groups in total. The van der Waals surface area contributed by atoms with E-state index < -0.39 is 0 Å². The van der Waals surface area contributed by atoms with Crippen LogP contribution in [0.1, 0.15) is 13.3 Å². The number of rotatable bonds is 4. The van der Waals surface area contributed by atoms with Crippen LogP contribution in [-0.2, 0) is 4.74 Å². The monoisotopic (exact) mass is 256 g/mol. The molecule has 6 nitrogen and oxygen atoms in total. The van der Waals surface area contributed by atoms with Gasteiger partial charge in [0.1, 0.15) is 11.6 Å². The molecule has 0 bridgehead atoms. The highest BCUT2D eigenvalue weighted by molar-refractivity contribution is 5.80. The van der Waals surface area contributed by atoms with Crippen LogP contribution in [0.5, 0.6) is 0 Å². The van der Waals surface area contributed by atoms with Gasteiger partial charge in [0, 0.05) is 26.1 Å². The molecule has 0 spiro atoms. The molecular weight excluding hydrogens is 236 g/mol. The van der Waals surface area contributed by atoms with E-state index in [9.17, 15) is 10.2 Å². The van der Waals surface area contributed by atoms with E-state index in [-0.39, 0.29) is 30.2 Å². The minimum Gasteiger partial charge on any atom is -0.508 e. The Kier molecular flexibility index (Phi) is 5.67. The summed E-state index contributed by atoms with van der Waals surface area (Å²) >= 11 is 0. The van der Waals surface area contributed by atoms with Crippen LogP contribution in [-0.4, -0.2) is 59.0 Å². The maximum Gasteiger partial charge on any atom is 0.219 e. The molecule has 18 heavy (non-hydrogen) atoms. The molecule has 102 valence electrons. The minimum absolute atomic E-state index is 0.112. The van der Waals surface area contributed by atoms with Gasteiger partial charge in [-0.3, -0.25) is 0 Å². The van der Waals surface area contributed by atoms with E-state index in [1.807, 2.05) is 4.90 Å². The Morgan fingerprint density at radius 2 is 1.94 bits per heavy atom. The molecule has 0 radical (unpaired) electrons. The van der Waals surface area contributed by atoms with Gasteiger partial charge >= 0.3 is 0 Å². The van der Waals surface area contributed by atoms with E-state index in [4.69, 9.17) is 9.84 Å². The average Bonchev–Trinajstić information content (AvgIpc) is 2.36. The number of ether oxygens (including phenoxy) is 1. The summed E-state index contributed by atoms with van der Waals surface area (Å²) in [5.41, 5.74) is 0.158. The van der Waals surface area contributed by atoms with E-state index in [1.165, 1.54) is 0 Å². The lowest BCUT2D eigenvalue weighted by molar-refractivity contribution is 0.0676. The highest BCUT2D eigenvalue weighted by Crippen LogP contribution is 2.15. The maximum absolute atomic E-state index is 9.81. The number of aliphatic imine (C=N–C) groups is 1. The quantitative estimate of drug-likeness (QED) is 0.302. The molecule has 1 aliphatic rings. The Balaban J connectivity index is 2.83. The third-order valence-electron chi connectivity index (χ3n) is 2.72. The smallest absolute Gasteiger partial charge is 0.219 e. The van der Waals surface area contributed by atoms with Gasteiger partial charge in [0.25, 0.3) is 0 Å². The Labute approximate surface area is 107 Å². The molecule has 1 saturated heterocycles. The van der Waals surface area contributed by atoms with Gasteiger partial charge in [0.15, 0.2) is 0 Å². The van der Waals surface area contributed by atoms with Crippen molar-refractivity contribution in [3.05, 3.63) is 23.8 Å². The van der Waals surface area contributed by atoms with Gasteiger partial charge < -0.3 is 25.0 Å². The van der Waals surface area contributed by atoms with E-state index in [2.05, 4.69) is 11.6 Å². The molecule has 0 aliphatic carbocycles. The zero-order valence-electron chi connectivity index (χ0n) is 10.6. The van der Waals surface area contributed by atoms with Crippen LogP contribution in [0, 0.1) is 0 Å². The van der Waals surface area contributed by atoms with Crippen molar-refractivity contribution in [3.8, 4) is 0 Å². The summed E-state index contributed by atoms with van der Waals surface area (Å²) in [6, 6.07) is 0. The SMILES string of the molecule is C=C(O)/C(CCO)=C(O)\N=C(/C)N1CCOCC1. The molecule has 0 saturated carbocycles. The lowest BCUT2D eigenvalue weighted by Crippen LogP contribution is -2.39. The van der Waals surface area contributed by atoms with Crippen molar-refractivity contribution in [1.82, 2.24) is 4.90 Å². The molecule has 1 fully saturated rings. The van der Waals surface area contributed by atoms with E-state index in [0.717, 1.165) is 13.1 Å². The Bertz CT molecular complexity index is 357. The highest BCUT2D eigenvalue weighted by atomic mass is 16.5. The largest absolute Gasteiger partial charge is 0.508 e. The van der Waals surface area contributed by atoms with Crippen LogP contribution < -0.4 is 0 Å². The van der Waals surface area contributed by atoms with Crippen LogP contribution >= 0.6 is 0 Å². The van der Waals surface area contributed by atoms with Gasteiger partial charge in [0.2, 0.25) is 5.88 Å². The second kappa shape index (κ2) is 7.03. The molecule has 1 rings (SSSR count). The summed E-state index contributed by atoms with van der Waals surface area (Å²) in [6.07, 6.45) is 0.112. The van der Waals surface area contributed by atoms with Crippen molar-refractivity contribution >= 4 is 5.84 Å². The predicted octanol–water partition coefficient (Wildman–Crippen LogP) is 0.961. The van der Waals surface area contributed by atoms with Gasteiger partial charge in [-0.2, -0.15) is 0 Å². The molecule has 0 aromatic carbocycles. The van der Waals surface area contributed by atoms with Crippen molar-refractivity contribution in [2.75, 3.05) is 32.9 Å². The van der Waals surface area contributed by atoms with Crippen LogP contribution in [0.4, 0.5) is 0 Å². The number of allylic oxidation sites excluding steroid dienone is 1. The minimum atomic E-state index is -0.305. The molecule has 0 atom stereocenters. The van der Waals surface area contributed by atoms with Gasteiger partial charge in [0.05, 0.1) is 18.8 Å². The number of amidine groups is 1. The summed E-state index contributed by atoms with van der Waals surface area (Å²) in [4.78, 5) is 6.01. The van der Waals surface area contributed by atoms with Gasteiger partial charge in [-0.1, -0.05) is 6.58 Å². The topological polar surface area (TPSA) is 85.5 Å². The van der Waals surface area contributed by atoms with Crippen LogP contribution in [0.25, 0.3) is 0 Å². The van der Waals surface area contributed by atoms with Crippen LogP contribution in [0.2, 0.25) is 0 Å². The third kappa shape index (κ3) is 4.05. The standard InChI is InChI=1S/C12H20N2O4/c1-9(16)11(3-6-15)12(17)13-10(2)14-4-7-18-8-5-14/h15-17H,1,3-8H2,2H3/b12-11+,13-10+. The Morgan fingerprint density at radius 1 is 1.33 bits per heavy atom. The molecule has 1 heterocycles. The van der Waals surface area contributed by atoms with Gasteiger partial charge in [-0.05, 0) is 6.92 Å². The molecule has 6 heteroatoms. The summed E-state index contributed by atoms with van der Waals surface area (Å²) in [7, 11) is 0. The summed E-state index contributed by atoms with van der Waals surface area (Å²) in [5, 5.41) is 28.0. The summed E-state index contributed by atoms with van der Waals surface area (Å²) in [5.74, 6) is 0.0631. The van der Waals surface area contributed by atoms with E-state index in [0.29, 0.717) is 19.0 Å². The molecule has 0 aromatic heterocycles. The molecule has 0 aromatic rings. The lowest BCUT2D eigenvalue weighted by atomic mass is 10.2. The first kappa shape index (κ1) is 14.5. The number of aliphatic hydroxyl groups excluding tert-OH is 3. The lowest BCUT2D eigenvalue weighted by Gasteiger charge is -2.28. The van der Waals surface area contributed by atoms with E-state index >= 15 is 0 Å². The van der Waals surface area contributed by atoms with Gasteiger partial charge in [-0.25, -0.2) is 4.99 Å². The predicted molar refractivity (Wildman–Crippen MR) is 68.6 cm³/mol. The van der Waals surface area contributed by atoms with Crippen LogP contribution in [0.3, 0.4) is 0 Å². The molecule has 1 aliphatic heterocycles. The van der Waals surface area contributed by atoms with Crippen molar-refractivity contribution < 1.29 is 20.1 Å². The molecule has 0 unspecified atom stereocenters. The van der Waals surface area contributed by atoms with Crippen molar-refractivity contribution in [1.29, 1.82) is 0 Å². The van der Waals surface area contributed by atoms with Gasteiger partial charge in [-0.15, -0.1) is 0 Å². The van der Waals surface area contributed by atoms with Crippen LogP contribution in [0.15, 0.2) is 28.8 Å². The first-order valence-electron chi connectivity index (χ1n) is 5.85. The zero-order valence-corrected chi connectivity index (χ0v) is 10.6. The fourth-order valence-corrected chi connectivity index (χ4v) is 1.68. The first-order chi connectivity index (χ1) is 8.56. The maximum atomic E-state index is 9.81. The first-order valence-corrected chi connectivity index (χ1v) is 5.85. The van der Waals surface area contributed by atoms with E-state index in [1.54, 1.807) is 6.92 Å². The Morgan fingerprint density at radius 3 is 2.44 bits per heavy atom. The second-order valence-corrected chi connectivity index (χ2v) is 3.98. The molecule has 0 amide bonds. The zero-order chi connectivity index (χ0) is 13.5. The number of morpholine rings is 1. The summed E-state index contributed by atoms with van der Waals surface area (Å²) < 4.78 is 5.22. The number of hydrogen-bond donors (Lipinski definition) is 3. The average molecular weight is 256 g/mol. The van der Waals surface area contributed by atoms with Crippen molar-refractivity contribution in [2.45, 2.75) is 13.3 Å². The van der Waals surface area contributed by atoms with Crippen molar-refractivity contribution in [2.24, 2.45) is 4.99 Å². The molecular formula is C12H20N2O4. The normalized spacial score (nSPS) is 18.6. The number of hydrogen-bond acceptors (Lipinski definition) is 5. The third-order valence-corrected chi connectivity index (χ3v) is 2.72. The fraction of sp³-hybridized carbons (Fsp3) is 0.583. The second-order valence-electron chi connectivity index (χ2n) is 3.98. The number of aliphatic hydroxyl groups is 3. The number of nitrogens with zero attached hydrogens (tertiary/aromatic N) is 2.